The summed E-state index contributed by atoms with van der Waals surface area (Å²) >= 11 is 0. The maximum Gasteiger partial charge on any atom is 0.305 e. The predicted octanol–water partition coefficient (Wildman–Crippen LogP) is 0.483. The highest BCUT2D eigenvalue weighted by molar-refractivity contribution is 5.77. The van der Waals surface area contributed by atoms with Crippen LogP contribution < -0.4 is 11.1 Å². The lowest BCUT2D eigenvalue weighted by Gasteiger charge is -2.16. The maximum atomic E-state index is 11.4. The molecule has 2 unspecified atom stereocenters. The first kappa shape index (κ1) is 13.9. The standard InChI is InChI=1S/C10H20N2O3/c1-3-7(11)5-9(13)12-8(4-2)6-10(14)15/h7-8H,3-6,11H2,1-2H3,(H,12,13)(H,14,15). The van der Waals surface area contributed by atoms with Crippen LogP contribution in [0.3, 0.4) is 0 Å². The van der Waals surface area contributed by atoms with Gasteiger partial charge in [0.25, 0.3) is 0 Å². The van der Waals surface area contributed by atoms with Gasteiger partial charge in [0.2, 0.25) is 5.91 Å². The lowest BCUT2D eigenvalue weighted by molar-refractivity contribution is -0.137. The molecule has 15 heavy (non-hydrogen) atoms. The van der Waals surface area contributed by atoms with Crippen molar-refractivity contribution in [1.82, 2.24) is 5.32 Å². The molecule has 0 aromatic carbocycles. The lowest BCUT2D eigenvalue weighted by Crippen LogP contribution is -2.39. The van der Waals surface area contributed by atoms with Crippen LogP contribution in [0.1, 0.15) is 39.5 Å². The molecule has 0 fully saturated rings. The molecule has 0 spiro atoms. The highest BCUT2D eigenvalue weighted by atomic mass is 16.4. The first-order chi connectivity index (χ1) is 6.99. The third kappa shape index (κ3) is 6.90. The van der Waals surface area contributed by atoms with Gasteiger partial charge in [-0.25, -0.2) is 0 Å². The normalized spacial score (nSPS) is 14.3. The SMILES string of the molecule is CCC(N)CC(=O)NC(CC)CC(=O)O. The zero-order chi connectivity index (χ0) is 11.8. The van der Waals surface area contributed by atoms with Gasteiger partial charge in [0.1, 0.15) is 0 Å². The van der Waals surface area contributed by atoms with Gasteiger partial charge >= 0.3 is 5.97 Å². The Morgan fingerprint density at radius 2 is 1.87 bits per heavy atom. The van der Waals surface area contributed by atoms with Gasteiger partial charge in [-0.15, -0.1) is 0 Å². The van der Waals surface area contributed by atoms with Crippen molar-refractivity contribution in [2.24, 2.45) is 5.73 Å². The van der Waals surface area contributed by atoms with E-state index in [1.165, 1.54) is 0 Å². The minimum absolute atomic E-state index is 0.0381. The molecular weight excluding hydrogens is 196 g/mol. The molecule has 5 heteroatoms. The second-order valence-electron chi connectivity index (χ2n) is 3.64. The third-order valence-electron chi connectivity index (χ3n) is 2.25. The van der Waals surface area contributed by atoms with Crippen LogP contribution in [-0.2, 0) is 9.59 Å². The number of hydrogen-bond donors (Lipinski definition) is 3. The molecule has 0 rings (SSSR count). The summed E-state index contributed by atoms with van der Waals surface area (Å²) in [5.41, 5.74) is 5.62. The van der Waals surface area contributed by atoms with Crippen molar-refractivity contribution >= 4 is 11.9 Å². The van der Waals surface area contributed by atoms with E-state index in [2.05, 4.69) is 5.32 Å². The summed E-state index contributed by atoms with van der Waals surface area (Å²) in [5.74, 6) is -1.07. The molecule has 1 amide bonds. The van der Waals surface area contributed by atoms with E-state index in [0.717, 1.165) is 6.42 Å². The van der Waals surface area contributed by atoms with Crippen LogP contribution in [-0.4, -0.2) is 29.1 Å². The quantitative estimate of drug-likeness (QED) is 0.577. The Bertz CT molecular complexity index is 219. The van der Waals surface area contributed by atoms with Crippen molar-refractivity contribution in [2.75, 3.05) is 0 Å². The van der Waals surface area contributed by atoms with E-state index in [0.29, 0.717) is 6.42 Å². The molecule has 0 aliphatic rings. The second-order valence-corrected chi connectivity index (χ2v) is 3.64. The van der Waals surface area contributed by atoms with Crippen LogP contribution in [0.15, 0.2) is 0 Å². The molecule has 0 aliphatic heterocycles. The van der Waals surface area contributed by atoms with Crippen LogP contribution in [0.25, 0.3) is 0 Å². The first-order valence-electron chi connectivity index (χ1n) is 5.26. The molecule has 0 heterocycles. The number of carbonyl (C=O) groups excluding carboxylic acids is 1. The second kappa shape index (κ2) is 7.23. The van der Waals surface area contributed by atoms with E-state index >= 15 is 0 Å². The molecule has 0 aliphatic carbocycles. The summed E-state index contributed by atoms with van der Waals surface area (Å²) in [6.07, 6.45) is 1.57. The van der Waals surface area contributed by atoms with Crippen LogP contribution in [0.5, 0.6) is 0 Å². The number of carboxylic acid groups (broad SMARTS) is 1. The molecule has 0 radical (unpaired) electrons. The molecule has 0 saturated carbocycles. The van der Waals surface area contributed by atoms with E-state index < -0.39 is 5.97 Å². The summed E-state index contributed by atoms with van der Waals surface area (Å²) < 4.78 is 0. The van der Waals surface area contributed by atoms with Crippen molar-refractivity contribution in [2.45, 2.75) is 51.6 Å². The Balaban J connectivity index is 3.95. The van der Waals surface area contributed by atoms with Crippen LogP contribution in [0.4, 0.5) is 0 Å². The Morgan fingerprint density at radius 3 is 2.27 bits per heavy atom. The number of nitrogens with two attached hydrogens (primary N) is 1. The summed E-state index contributed by atoms with van der Waals surface area (Å²) in [7, 11) is 0. The molecule has 5 nitrogen and oxygen atoms in total. The van der Waals surface area contributed by atoms with E-state index in [4.69, 9.17) is 10.8 Å². The molecule has 88 valence electrons. The highest BCUT2D eigenvalue weighted by Gasteiger charge is 2.15. The van der Waals surface area contributed by atoms with Gasteiger partial charge in [0, 0.05) is 18.5 Å². The topological polar surface area (TPSA) is 92.4 Å². The smallest absolute Gasteiger partial charge is 0.305 e. The Morgan fingerprint density at radius 1 is 1.27 bits per heavy atom. The van der Waals surface area contributed by atoms with E-state index in [1.807, 2.05) is 13.8 Å². The molecule has 0 aromatic rings. The Labute approximate surface area is 90.0 Å². The maximum absolute atomic E-state index is 11.4. The minimum Gasteiger partial charge on any atom is -0.481 e. The van der Waals surface area contributed by atoms with Crippen LogP contribution >= 0.6 is 0 Å². The fourth-order valence-corrected chi connectivity index (χ4v) is 1.18. The van der Waals surface area contributed by atoms with Crippen molar-refractivity contribution < 1.29 is 14.7 Å². The molecule has 4 N–H and O–H groups in total. The zero-order valence-electron chi connectivity index (χ0n) is 9.32. The minimum atomic E-state index is -0.901. The Kier molecular flexibility index (Phi) is 6.70. The van der Waals surface area contributed by atoms with Crippen LogP contribution in [0.2, 0.25) is 0 Å². The number of rotatable bonds is 7. The van der Waals surface area contributed by atoms with E-state index in [9.17, 15) is 9.59 Å². The number of hydrogen-bond acceptors (Lipinski definition) is 3. The molecule has 0 bridgehead atoms. The largest absolute Gasteiger partial charge is 0.481 e. The van der Waals surface area contributed by atoms with Gasteiger partial charge in [-0.2, -0.15) is 0 Å². The lowest BCUT2D eigenvalue weighted by atomic mass is 10.1. The van der Waals surface area contributed by atoms with E-state index in [1.54, 1.807) is 0 Å². The molecule has 0 saturated heterocycles. The van der Waals surface area contributed by atoms with Gasteiger partial charge in [-0.3, -0.25) is 9.59 Å². The van der Waals surface area contributed by atoms with Gasteiger partial charge < -0.3 is 16.2 Å². The number of amides is 1. The van der Waals surface area contributed by atoms with Gasteiger partial charge in [0.15, 0.2) is 0 Å². The number of nitrogens with one attached hydrogen (secondary N) is 1. The third-order valence-corrected chi connectivity index (χ3v) is 2.25. The van der Waals surface area contributed by atoms with Crippen LogP contribution in [0, 0.1) is 0 Å². The molecule has 2 atom stereocenters. The van der Waals surface area contributed by atoms with E-state index in [-0.39, 0.29) is 30.8 Å². The summed E-state index contributed by atoms with van der Waals surface area (Å²) in [5, 5.41) is 11.2. The Hall–Kier alpha value is -1.10. The highest BCUT2D eigenvalue weighted by Crippen LogP contribution is 2.00. The van der Waals surface area contributed by atoms with Crippen molar-refractivity contribution in [3.8, 4) is 0 Å². The first-order valence-corrected chi connectivity index (χ1v) is 5.26. The monoisotopic (exact) mass is 216 g/mol. The number of carboxylic acids is 1. The van der Waals surface area contributed by atoms with Gasteiger partial charge in [-0.05, 0) is 12.8 Å². The van der Waals surface area contributed by atoms with Gasteiger partial charge in [-0.1, -0.05) is 13.8 Å². The predicted molar refractivity (Wildman–Crippen MR) is 57.4 cm³/mol. The molecule has 0 aromatic heterocycles. The van der Waals surface area contributed by atoms with Crippen molar-refractivity contribution in [3.63, 3.8) is 0 Å². The summed E-state index contributed by atoms with van der Waals surface area (Å²) in [4.78, 5) is 21.8. The average molecular weight is 216 g/mol. The summed E-state index contributed by atoms with van der Waals surface area (Å²) in [6.45, 7) is 3.75. The zero-order valence-corrected chi connectivity index (χ0v) is 9.32. The van der Waals surface area contributed by atoms with Gasteiger partial charge in [0.05, 0.1) is 6.42 Å². The molecular formula is C10H20N2O3. The number of carbonyl (C=O) groups is 2. The average Bonchev–Trinajstić information content (AvgIpc) is 2.15. The van der Waals surface area contributed by atoms with Crippen molar-refractivity contribution in [1.29, 1.82) is 0 Å². The number of aliphatic carboxylic acids is 1. The fourth-order valence-electron chi connectivity index (χ4n) is 1.18. The van der Waals surface area contributed by atoms with Crippen molar-refractivity contribution in [3.05, 3.63) is 0 Å². The summed E-state index contributed by atoms with van der Waals surface area (Å²) in [6, 6.07) is -0.439. The fraction of sp³-hybridized carbons (Fsp3) is 0.800.